The number of morpholine rings is 1. The number of nitrogens with one attached hydrogen (secondary N) is 1. The highest BCUT2D eigenvalue weighted by Gasteiger charge is 2.31. The van der Waals surface area contributed by atoms with E-state index in [2.05, 4.69) is 10.2 Å². The Kier molecular flexibility index (Phi) is 7.23. The first-order chi connectivity index (χ1) is 14.0. The Hall–Kier alpha value is -2.44. The monoisotopic (exact) mass is 400 g/mol. The number of carbonyl (C=O) groups is 1. The number of amides is 1. The van der Waals surface area contributed by atoms with Crippen molar-refractivity contribution in [2.45, 2.75) is 25.8 Å². The molecular weight excluding hydrogens is 371 g/mol. The van der Waals surface area contributed by atoms with E-state index in [9.17, 15) is 9.18 Å². The van der Waals surface area contributed by atoms with Crippen LogP contribution in [0.2, 0.25) is 0 Å². The number of nitrogens with zero attached hydrogens (tertiary/aromatic N) is 1. The Labute approximate surface area is 171 Å². The van der Waals surface area contributed by atoms with Gasteiger partial charge in [-0.1, -0.05) is 30.3 Å². The van der Waals surface area contributed by atoms with Crippen LogP contribution < -0.4 is 10.1 Å². The zero-order valence-corrected chi connectivity index (χ0v) is 17.1. The Balaban J connectivity index is 1.52. The third-order valence-corrected chi connectivity index (χ3v) is 5.25. The van der Waals surface area contributed by atoms with Gasteiger partial charge in [0.1, 0.15) is 18.2 Å². The van der Waals surface area contributed by atoms with Crippen molar-refractivity contribution in [3.05, 3.63) is 65.5 Å². The normalized spacial score (nSPS) is 15.1. The van der Waals surface area contributed by atoms with E-state index in [-0.39, 0.29) is 11.7 Å². The molecule has 0 atom stereocenters. The molecule has 2 aromatic carbocycles. The Morgan fingerprint density at radius 3 is 2.69 bits per heavy atom. The maximum atomic E-state index is 14.1. The number of carbonyl (C=O) groups excluding carboxylic acids is 1. The highest BCUT2D eigenvalue weighted by molar-refractivity contribution is 5.87. The molecule has 0 spiro atoms. The Morgan fingerprint density at radius 2 is 1.93 bits per heavy atom. The third kappa shape index (κ3) is 5.78. The average Bonchev–Trinajstić information content (AvgIpc) is 2.73. The fourth-order valence-corrected chi connectivity index (χ4v) is 3.36. The van der Waals surface area contributed by atoms with Crippen LogP contribution in [0.1, 0.15) is 25.0 Å². The van der Waals surface area contributed by atoms with Crippen LogP contribution in [-0.4, -0.2) is 50.3 Å². The topological polar surface area (TPSA) is 50.8 Å². The van der Waals surface area contributed by atoms with E-state index in [1.54, 1.807) is 32.0 Å². The van der Waals surface area contributed by atoms with Crippen LogP contribution in [0.5, 0.6) is 5.75 Å². The summed E-state index contributed by atoms with van der Waals surface area (Å²) in [7, 11) is 0. The van der Waals surface area contributed by atoms with Gasteiger partial charge in [-0.05, 0) is 37.6 Å². The molecule has 1 aliphatic heterocycles. The van der Waals surface area contributed by atoms with Crippen molar-refractivity contribution in [1.82, 2.24) is 10.2 Å². The van der Waals surface area contributed by atoms with E-state index in [4.69, 9.17) is 9.47 Å². The first-order valence-electron chi connectivity index (χ1n) is 10.0. The van der Waals surface area contributed by atoms with E-state index in [1.807, 2.05) is 24.3 Å². The summed E-state index contributed by atoms with van der Waals surface area (Å²) in [6, 6.07) is 14.1. The van der Waals surface area contributed by atoms with Gasteiger partial charge in [-0.3, -0.25) is 9.69 Å². The summed E-state index contributed by atoms with van der Waals surface area (Å²) in [6.45, 7) is 8.71. The molecule has 2 aromatic rings. The van der Waals surface area contributed by atoms with Crippen molar-refractivity contribution < 1.29 is 18.7 Å². The summed E-state index contributed by atoms with van der Waals surface area (Å²) < 4.78 is 25.3. The van der Waals surface area contributed by atoms with Crippen LogP contribution in [0.3, 0.4) is 0 Å². The zero-order valence-electron chi connectivity index (χ0n) is 17.1. The van der Waals surface area contributed by atoms with Gasteiger partial charge in [-0.15, -0.1) is 0 Å². The predicted molar refractivity (Wildman–Crippen MR) is 110 cm³/mol. The van der Waals surface area contributed by atoms with Crippen molar-refractivity contribution in [3.63, 3.8) is 0 Å². The second-order valence-corrected chi connectivity index (χ2v) is 7.74. The quantitative estimate of drug-likeness (QED) is 0.740. The minimum atomic E-state index is -0.961. The molecule has 1 amide bonds. The van der Waals surface area contributed by atoms with Crippen molar-refractivity contribution >= 4 is 5.91 Å². The summed E-state index contributed by atoms with van der Waals surface area (Å²) in [4.78, 5) is 15.0. The minimum Gasteiger partial charge on any atom is -0.492 e. The lowest BCUT2D eigenvalue weighted by atomic mass is 9.83. The van der Waals surface area contributed by atoms with Crippen molar-refractivity contribution in [3.8, 4) is 5.75 Å². The van der Waals surface area contributed by atoms with E-state index < -0.39 is 5.41 Å². The van der Waals surface area contributed by atoms with E-state index in [0.717, 1.165) is 44.2 Å². The second-order valence-electron chi connectivity index (χ2n) is 7.74. The molecule has 1 N–H and O–H groups in total. The van der Waals surface area contributed by atoms with Crippen molar-refractivity contribution in [1.29, 1.82) is 0 Å². The van der Waals surface area contributed by atoms with E-state index in [0.29, 0.717) is 18.7 Å². The number of benzene rings is 2. The second kappa shape index (κ2) is 9.85. The lowest BCUT2D eigenvalue weighted by molar-refractivity contribution is -0.125. The van der Waals surface area contributed by atoms with Gasteiger partial charge in [-0.25, -0.2) is 4.39 Å². The Morgan fingerprint density at radius 1 is 1.17 bits per heavy atom. The first-order valence-corrected chi connectivity index (χ1v) is 10.0. The largest absolute Gasteiger partial charge is 0.492 e. The third-order valence-electron chi connectivity index (χ3n) is 5.25. The summed E-state index contributed by atoms with van der Waals surface area (Å²) in [5.74, 6) is 0.183. The molecule has 1 heterocycles. The number of rotatable bonds is 8. The molecule has 1 fully saturated rings. The maximum Gasteiger partial charge on any atom is 0.230 e. The van der Waals surface area contributed by atoms with E-state index >= 15 is 0 Å². The van der Waals surface area contributed by atoms with Gasteiger partial charge in [0.05, 0.1) is 18.6 Å². The molecule has 5 nitrogen and oxygen atoms in total. The lowest BCUT2D eigenvalue weighted by Gasteiger charge is -2.26. The molecule has 1 aliphatic rings. The van der Waals surface area contributed by atoms with E-state index in [1.165, 1.54) is 6.07 Å². The summed E-state index contributed by atoms with van der Waals surface area (Å²) >= 11 is 0. The smallest absolute Gasteiger partial charge is 0.230 e. The SMILES string of the molecule is CC(C)(C(=O)NCc1cccc(OCCN2CCOCC2)c1)c1ccccc1F. The van der Waals surface area contributed by atoms with Crippen LogP contribution >= 0.6 is 0 Å². The predicted octanol–water partition coefficient (Wildman–Crippen LogP) is 3.13. The molecule has 0 unspecified atom stereocenters. The van der Waals surface area contributed by atoms with Gasteiger partial charge in [0, 0.05) is 31.7 Å². The molecule has 1 saturated heterocycles. The van der Waals surface area contributed by atoms with Crippen LogP contribution in [0.15, 0.2) is 48.5 Å². The average molecular weight is 400 g/mol. The van der Waals surface area contributed by atoms with Gasteiger partial charge in [0.25, 0.3) is 0 Å². The molecule has 0 aromatic heterocycles. The molecule has 0 bridgehead atoms. The van der Waals surface area contributed by atoms with Gasteiger partial charge < -0.3 is 14.8 Å². The van der Waals surface area contributed by atoms with Gasteiger partial charge >= 0.3 is 0 Å². The van der Waals surface area contributed by atoms with Crippen molar-refractivity contribution in [2.24, 2.45) is 0 Å². The molecule has 29 heavy (non-hydrogen) atoms. The number of halogens is 1. The van der Waals surface area contributed by atoms with Gasteiger partial charge in [0.15, 0.2) is 0 Å². The number of ether oxygens (including phenoxy) is 2. The number of hydrogen-bond acceptors (Lipinski definition) is 4. The molecule has 0 aliphatic carbocycles. The van der Waals surface area contributed by atoms with Crippen molar-refractivity contribution in [2.75, 3.05) is 39.5 Å². The fraction of sp³-hybridized carbons (Fsp3) is 0.435. The molecular formula is C23H29FN2O3. The van der Waals surface area contributed by atoms with Crippen LogP contribution in [0.4, 0.5) is 4.39 Å². The molecule has 6 heteroatoms. The molecule has 156 valence electrons. The summed E-state index contributed by atoms with van der Waals surface area (Å²) in [5, 5.41) is 2.92. The Bertz CT molecular complexity index is 819. The van der Waals surface area contributed by atoms with Gasteiger partial charge in [-0.2, -0.15) is 0 Å². The van der Waals surface area contributed by atoms with Crippen LogP contribution in [0.25, 0.3) is 0 Å². The maximum absolute atomic E-state index is 14.1. The highest BCUT2D eigenvalue weighted by atomic mass is 19.1. The molecule has 3 rings (SSSR count). The fourth-order valence-electron chi connectivity index (χ4n) is 3.36. The summed E-state index contributed by atoms with van der Waals surface area (Å²) in [5.41, 5.74) is 0.363. The summed E-state index contributed by atoms with van der Waals surface area (Å²) in [6.07, 6.45) is 0. The molecule has 0 saturated carbocycles. The number of hydrogen-bond donors (Lipinski definition) is 1. The van der Waals surface area contributed by atoms with Crippen LogP contribution in [-0.2, 0) is 21.5 Å². The first kappa shape index (κ1) is 21.3. The molecule has 0 radical (unpaired) electrons. The van der Waals surface area contributed by atoms with Crippen LogP contribution in [0, 0.1) is 5.82 Å². The zero-order chi connectivity index (χ0) is 20.7. The van der Waals surface area contributed by atoms with Gasteiger partial charge in [0.2, 0.25) is 5.91 Å². The highest BCUT2D eigenvalue weighted by Crippen LogP contribution is 2.26. The standard InChI is InChI=1S/C23H29FN2O3/c1-23(2,20-8-3-4-9-21(20)24)22(27)25-17-18-6-5-7-19(16-18)29-15-12-26-10-13-28-14-11-26/h3-9,16H,10-15,17H2,1-2H3,(H,25,27). The lowest BCUT2D eigenvalue weighted by Crippen LogP contribution is -2.40. The minimum absolute atomic E-state index is 0.221.